The van der Waals surface area contributed by atoms with Crippen molar-refractivity contribution in [3.63, 3.8) is 0 Å². The normalized spacial score (nSPS) is 34.4. The summed E-state index contributed by atoms with van der Waals surface area (Å²) in [6.07, 6.45) is -15.7. The highest BCUT2D eigenvalue weighted by atomic mass is 16.7. The predicted octanol–water partition coefficient (Wildman–Crippen LogP) is 0.315. The Hall–Kier alpha value is -4.72. The highest BCUT2D eigenvalue weighted by Gasteiger charge is 2.54. The Morgan fingerprint density at radius 2 is 0.732 bits per heavy atom. The summed E-state index contributed by atoms with van der Waals surface area (Å²) in [5, 5.41) is 124. The minimum absolute atomic E-state index is 0.00293. The maximum Gasteiger partial charge on any atom is 0.229 e. The van der Waals surface area contributed by atoms with Crippen molar-refractivity contribution in [2.24, 2.45) is 0 Å². The minimum Gasteiger partial charge on any atom is -0.508 e. The number of aliphatic hydroxyl groups excluding tert-OH is 8. The summed E-state index contributed by atoms with van der Waals surface area (Å²) in [6.45, 7) is -1.36. The van der Waals surface area contributed by atoms with Crippen LogP contribution in [-0.4, -0.2) is 136 Å². The zero-order valence-corrected chi connectivity index (χ0v) is 29.6. The van der Waals surface area contributed by atoms with Crippen LogP contribution in [0.5, 0.6) is 34.5 Å². The second-order valence-corrected chi connectivity index (χ2v) is 14.4. The monoisotopic (exact) mass is 780 g/mol. The predicted molar refractivity (Wildman–Crippen MR) is 192 cm³/mol. The van der Waals surface area contributed by atoms with Crippen LogP contribution < -0.4 is 9.47 Å². The molecule has 4 aromatic carbocycles. The fraction of sp³-hybridized carbons (Fsp3) is 0.400. The average Bonchev–Trinajstić information content (AvgIpc) is 3.16. The number of phenolic OH excluding ortho intramolecular Hbond substituents is 4. The lowest BCUT2D eigenvalue weighted by Crippen LogP contribution is -2.60. The molecular formula is C40H44O16. The third-order valence-corrected chi connectivity index (χ3v) is 10.9. The number of rotatable bonds is 10. The summed E-state index contributed by atoms with van der Waals surface area (Å²) in [5.41, 5.74) is 2.56. The molecular weight excluding hydrogens is 736 g/mol. The van der Waals surface area contributed by atoms with Gasteiger partial charge in [0.1, 0.15) is 83.3 Å². The van der Waals surface area contributed by atoms with Crippen LogP contribution in [0.25, 0.3) is 0 Å². The van der Waals surface area contributed by atoms with E-state index in [1.54, 1.807) is 36.4 Å². The minimum atomic E-state index is -1.73. The van der Waals surface area contributed by atoms with Crippen molar-refractivity contribution in [3.8, 4) is 34.5 Å². The Balaban J connectivity index is 1.31. The highest BCUT2D eigenvalue weighted by Crippen LogP contribution is 2.67. The third kappa shape index (κ3) is 7.56. The second kappa shape index (κ2) is 16.0. The Morgan fingerprint density at radius 1 is 0.393 bits per heavy atom. The van der Waals surface area contributed by atoms with Crippen molar-refractivity contribution < 1.29 is 80.2 Å². The van der Waals surface area contributed by atoms with Gasteiger partial charge in [0.25, 0.3) is 0 Å². The molecule has 16 nitrogen and oxygen atoms in total. The number of phenols is 4. The number of aliphatic hydroxyl groups is 8. The van der Waals surface area contributed by atoms with E-state index < -0.39 is 98.3 Å². The van der Waals surface area contributed by atoms with E-state index in [1.165, 1.54) is 48.5 Å². The maximum atomic E-state index is 11.1. The van der Waals surface area contributed by atoms with E-state index in [4.69, 9.17) is 18.9 Å². The molecule has 16 heteroatoms. The lowest BCUT2D eigenvalue weighted by molar-refractivity contribution is -0.277. The van der Waals surface area contributed by atoms with Gasteiger partial charge in [-0.2, -0.15) is 0 Å². The smallest absolute Gasteiger partial charge is 0.229 e. The first kappa shape index (κ1) is 39.5. The van der Waals surface area contributed by atoms with Gasteiger partial charge >= 0.3 is 0 Å². The zero-order chi connectivity index (χ0) is 40.0. The number of hydrogen-bond acceptors (Lipinski definition) is 16. The van der Waals surface area contributed by atoms with Crippen LogP contribution in [-0.2, 0) is 9.47 Å². The standard InChI is InChI=1S/C40H44O16/c41-15-27-33(47)35(49)37(51)39(55-27)53-25-11-19(9-23(45)13-25)31-29(17-1-5-21(43)6-2-17)30(18-3-7-22(44)8-4-18)32(31)20-10-24(46)14-26(12-20)54-40-38(52)36(50)34(48)28(16-42)56-40/h1-14,27-52H,15-16H2/t27-,28-,29+,30+,31+,32+,33-,34-,35+,36+,37-,38-,39-,40-/m1/s1. The summed E-state index contributed by atoms with van der Waals surface area (Å²) in [4.78, 5) is 0. The van der Waals surface area contributed by atoms with Crippen molar-refractivity contribution in [3.05, 3.63) is 107 Å². The van der Waals surface area contributed by atoms with E-state index in [0.717, 1.165) is 11.1 Å². The number of benzene rings is 4. The first-order valence-electron chi connectivity index (χ1n) is 18.0. The van der Waals surface area contributed by atoms with E-state index in [1.807, 2.05) is 0 Å². The Kier molecular flexibility index (Phi) is 11.3. The molecule has 300 valence electrons. The molecule has 4 aromatic rings. The van der Waals surface area contributed by atoms with Gasteiger partial charge < -0.3 is 80.2 Å². The lowest BCUT2D eigenvalue weighted by Gasteiger charge is -2.54. The summed E-state index contributed by atoms with van der Waals surface area (Å²) in [7, 11) is 0. The summed E-state index contributed by atoms with van der Waals surface area (Å²) < 4.78 is 22.9. The van der Waals surface area contributed by atoms with E-state index in [9.17, 15) is 61.3 Å². The summed E-state index contributed by atoms with van der Waals surface area (Å²) in [6, 6.07) is 21.8. The van der Waals surface area contributed by atoms with E-state index in [0.29, 0.717) is 11.1 Å². The van der Waals surface area contributed by atoms with Gasteiger partial charge in [-0.15, -0.1) is 0 Å². The van der Waals surface area contributed by atoms with Gasteiger partial charge in [-0.25, -0.2) is 0 Å². The van der Waals surface area contributed by atoms with Gasteiger partial charge in [0.2, 0.25) is 12.6 Å². The van der Waals surface area contributed by atoms with Crippen LogP contribution in [0.1, 0.15) is 45.9 Å². The van der Waals surface area contributed by atoms with Crippen LogP contribution in [0.15, 0.2) is 84.9 Å². The molecule has 2 saturated heterocycles. The van der Waals surface area contributed by atoms with Crippen LogP contribution >= 0.6 is 0 Å². The molecule has 3 fully saturated rings. The highest BCUT2D eigenvalue weighted by molar-refractivity contribution is 5.53. The van der Waals surface area contributed by atoms with Gasteiger partial charge in [0, 0.05) is 12.1 Å². The van der Waals surface area contributed by atoms with Crippen LogP contribution in [0.2, 0.25) is 0 Å². The van der Waals surface area contributed by atoms with Gasteiger partial charge in [-0.1, -0.05) is 24.3 Å². The number of ether oxygens (including phenoxy) is 4. The van der Waals surface area contributed by atoms with Gasteiger partial charge in [-0.3, -0.25) is 0 Å². The molecule has 1 aliphatic carbocycles. The molecule has 0 bridgehead atoms. The topological polar surface area (TPSA) is 280 Å². The van der Waals surface area contributed by atoms with E-state index in [-0.39, 0.29) is 34.5 Å². The largest absolute Gasteiger partial charge is 0.508 e. The fourth-order valence-corrected chi connectivity index (χ4v) is 8.13. The molecule has 12 N–H and O–H groups in total. The molecule has 7 rings (SSSR count). The molecule has 1 saturated carbocycles. The van der Waals surface area contributed by atoms with Gasteiger partial charge in [0.05, 0.1) is 13.2 Å². The summed E-state index contributed by atoms with van der Waals surface area (Å²) >= 11 is 0. The average molecular weight is 781 g/mol. The van der Waals surface area contributed by atoms with Crippen molar-refractivity contribution >= 4 is 0 Å². The van der Waals surface area contributed by atoms with E-state index >= 15 is 0 Å². The fourth-order valence-electron chi connectivity index (χ4n) is 8.13. The van der Waals surface area contributed by atoms with E-state index in [2.05, 4.69) is 0 Å². The lowest BCUT2D eigenvalue weighted by atomic mass is 9.49. The van der Waals surface area contributed by atoms with Gasteiger partial charge in [0.15, 0.2) is 0 Å². The second-order valence-electron chi connectivity index (χ2n) is 14.4. The molecule has 0 spiro atoms. The molecule has 0 amide bonds. The van der Waals surface area contributed by atoms with Crippen LogP contribution in [0, 0.1) is 0 Å². The zero-order valence-electron chi connectivity index (χ0n) is 29.6. The molecule has 0 unspecified atom stereocenters. The first-order valence-corrected chi connectivity index (χ1v) is 18.0. The molecule has 2 aliphatic heterocycles. The molecule has 2 heterocycles. The van der Waals surface area contributed by atoms with Crippen LogP contribution in [0.4, 0.5) is 0 Å². The molecule has 14 atom stereocenters. The summed E-state index contributed by atoms with van der Waals surface area (Å²) in [5.74, 6) is -2.34. The maximum absolute atomic E-state index is 11.1. The van der Waals surface area contributed by atoms with Gasteiger partial charge in [-0.05, 0) is 94.5 Å². The van der Waals surface area contributed by atoms with Crippen molar-refractivity contribution in [1.29, 1.82) is 0 Å². The molecule has 56 heavy (non-hydrogen) atoms. The quantitative estimate of drug-likeness (QED) is 0.103. The van der Waals surface area contributed by atoms with Crippen LogP contribution in [0.3, 0.4) is 0 Å². The van der Waals surface area contributed by atoms with Crippen molar-refractivity contribution in [2.75, 3.05) is 13.2 Å². The Bertz CT molecular complexity index is 1810. The molecule has 0 radical (unpaired) electrons. The molecule has 0 aromatic heterocycles. The number of hydrogen-bond donors (Lipinski definition) is 12. The third-order valence-electron chi connectivity index (χ3n) is 10.9. The SMILES string of the molecule is OC[C@H]1O[C@@H](Oc2cc(O)cc([C@H]3[C@@H](c4ccc(O)cc4)[C@H](c4ccc(O)cc4)[C@@H]3c3cc(O)cc(O[C@@H]4O[C@H](CO)[C@@H](O)[C@H](O)[C@H]4O)c3)c2)[C@H](O)[C@@H](O)[C@@H]1O. The Morgan fingerprint density at radius 3 is 1.07 bits per heavy atom. The molecule has 3 aliphatic rings. The van der Waals surface area contributed by atoms with Crippen molar-refractivity contribution in [2.45, 2.75) is 85.1 Å². The van der Waals surface area contributed by atoms with Crippen molar-refractivity contribution in [1.82, 2.24) is 0 Å². The number of aromatic hydroxyl groups is 4. The first-order chi connectivity index (χ1) is 26.8. The Labute approximate surface area is 319 Å².